The van der Waals surface area contributed by atoms with Gasteiger partial charge in [0.05, 0.1) is 22.9 Å². The van der Waals surface area contributed by atoms with Gasteiger partial charge in [-0.05, 0) is 48.4 Å². The van der Waals surface area contributed by atoms with Gasteiger partial charge in [-0.25, -0.2) is 4.79 Å². The van der Waals surface area contributed by atoms with Crippen molar-refractivity contribution < 1.29 is 14.7 Å². The first-order valence-corrected chi connectivity index (χ1v) is 13.5. The topological polar surface area (TPSA) is 74.6 Å². The zero-order valence-electron chi connectivity index (χ0n) is 21.2. The van der Waals surface area contributed by atoms with Crippen molar-refractivity contribution in [3.63, 3.8) is 0 Å². The van der Waals surface area contributed by atoms with E-state index in [0.717, 1.165) is 48.1 Å². The molecule has 188 valence electrons. The number of nitrogens with one attached hydrogen (secondary N) is 1. The average molecular weight is 486 g/mol. The molecule has 2 aromatic carbocycles. The number of amides is 1. The van der Waals surface area contributed by atoms with E-state index in [2.05, 4.69) is 41.9 Å². The molecule has 0 radical (unpaired) electrons. The fraction of sp³-hybridized carbons (Fsp3) is 0.467. The summed E-state index contributed by atoms with van der Waals surface area (Å²) in [5.74, 6) is -0.416. The van der Waals surface area contributed by atoms with E-state index in [1.54, 1.807) is 6.07 Å². The van der Waals surface area contributed by atoms with Crippen LogP contribution in [0.3, 0.4) is 0 Å². The number of carbonyl (C=O) groups is 2. The van der Waals surface area contributed by atoms with Crippen molar-refractivity contribution in [3.8, 4) is 11.3 Å². The number of para-hydroxylation sites is 1. The first kappa shape index (κ1) is 23.3. The molecule has 1 fully saturated rings. The minimum Gasteiger partial charge on any atom is -0.478 e. The van der Waals surface area contributed by atoms with Crippen molar-refractivity contribution in [1.29, 1.82) is 0 Å². The minimum atomic E-state index is -0.893. The van der Waals surface area contributed by atoms with Gasteiger partial charge in [0.2, 0.25) is 5.91 Å². The molecule has 0 spiro atoms. The molecule has 6 nitrogen and oxygen atoms in total. The fourth-order valence-corrected chi connectivity index (χ4v) is 6.76. The second kappa shape index (κ2) is 9.07. The monoisotopic (exact) mass is 485 g/mol. The van der Waals surface area contributed by atoms with Gasteiger partial charge < -0.3 is 19.9 Å². The summed E-state index contributed by atoms with van der Waals surface area (Å²) in [5, 5.41) is 14.4. The SMILES string of the molecule is CC(C)NCC1C(=O)N2CCCn3c(c(C4CCCCC4)c4ccc(C(=O)O)cc43)-c3cccc1c32. The number of carboxylic acids is 1. The number of rotatable bonds is 5. The number of carbonyl (C=O) groups excluding carboxylic acids is 1. The van der Waals surface area contributed by atoms with E-state index < -0.39 is 5.97 Å². The van der Waals surface area contributed by atoms with Crippen LogP contribution in [0.4, 0.5) is 5.69 Å². The van der Waals surface area contributed by atoms with E-state index in [-0.39, 0.29) is 11.8 Å². The number of fused-ring (bicyclic) bond motifs is 4. The molecule has 1 unspecified atom stereocenters. The lowest BCUT2D eigenvalue weighted by atomic mass is 9.81. The molecule has 36 heavy (non-hydrogen) atoms. The summed E-state index contributed by atoms with van der Waals surface area (Å²) in [5.41, 5.74) is 7.21. The highest BCUT2D eigenvalue weighted by Gasteiger charge is 2.41. The highest BCUT2D eigenvalue weighted by atomic mass is 16.4. The van der Waals surface area contributed by atoms with E-state index in [0.29, 0.717) is 30.6 Å². The Morgan fingerprint density at radius 1 is 1.08 bits per heavy atom. The zero-order valence-corrected chi connectivity index (χ0v) is 21.2. The van der Waals surface area contributed by atoms with E-state index in [4.69, 9.17) is 0 Å². The van der Waals surface area contributed by atoms with Crippen LogP contribution in [0.25, 0.3) is 22.2 Å². The van der Waals surface area contributed by atoms with E-state index in [1.807, 2.05) is 17.0 Å². The lowest BCUT2D eigenvalue weighted by molar-refractivity contribution is -0.119. The van der Waals surface area contributed by atoms with Crippen LogP contribution in [0.1, 0.15) is 85.7 Å². The number of hydrogen-bond donors (Lipinski definition) is 2. The smallest absolute Gasteiger partial charge is 0.335 e. The van der Waals surface area contributed by atoms with Crippen LogP contribution < -0.4 is 10.2 Å². The summed E-state index contributed by atoms with van der Waals surface area (Å²) in [6, 6.07) is 12.4. The molecule has 3 heterocycles. The molecule has 3 aliphatic rings. The standard InChI is InChI=1S/C30H35N3O3/c1-18(2)31-17-24-21-10-6-11-23-27(21)33(29(24)34)15-7-14-32-25-16-20(30(35)36)12-13-22(25)26(28(23)32)19-8-4-3-5-9-19/h6,10-13,16,18-19,24,31H,3-5,7-9,14-15,17H2,1-2H3,(H,35,36). The Hall–Kier alpha value is -3.12. The predicted octanol–water partition coefficient (Wildman–Crippen LogP) is 5.89. The number of nitrogens with zero attached hydrogens (tertiary/aromatic N) is 2. The highest BCUT2D eigenvalue weighted by molar-refractivity contribution is 6.10. The van der Waals surface area contributed by atoms with Gasteiger partial charge in [-0.1, -0.05) is 57.4 Å². The molecule has 6 rings (SSSR count). The molecule has 3 aromatic rings. The first-order valence-electron chi connectivity index (χ1n) is 13.5. The summed E-state index contributed by atoms with van der Waals surface area (Å²) in [4.78, 5) is 27.6. The number of anilines is 1. The molecular weight excluding hydrogens is 450 g/mol. The minimum absolute atomic E-state index is 0.171. The summed E-state index contributed by atoms with van der Waals surface area (Å²) >= 11 is 0. The Kier molecular flexibility index (Phi) is 5.87. The van der Waals surface area contributed by atoms with Crippen LogP contribution in [0.5, 0.6) is 0 Å². The van der Waals surface area contributed by atoms with Crippen molar-refractivity contribution in [1.82, 2.24) is 9.88 Å². The van der Waals surface area contributed by atoms with Crippen molar-refractivity contribution >= 4 is 28.5 Å². The molecule has 1 aliphatic carbocycles. The zero-order chi connectivity index (χ0) is 25.0. The van der Waals surface area contributed by atoms with Crippen molar-refractivity contribution in [3.05, 3.63) is 53.1 Å². The maximum absolute atomic E-state index is 13.7. The summed E-state index contributed by atoms with van der Waals surface area (Å²) in [7, 11) is 0. The Morgan fingerprint density at radius 2 is 1.89 bits per heavy atom. The Bertz CT molecular complexity index is 1350. The number of carboxylic acid groups (broad SMARTS) is 1. The van der Waals surface area contributed by atoms with Crippen molar-refractivity contribution in [2.75, 3.05) is 18.0 Å². The molecule has 0 saturated heterocycles. The van der Waals surface area contributed by atoms with Crippen LogP contribution in [0.2, 0.25) is 0 Å². The van der Waals surface area contributed by atoms with Crippen LogP contribution in [0.15, 0.2) is 36.4 Å². The summed E-state index contributed by atoms with van der Waals surface area (Å²) < 4.78 is 2.36. The molecule has 6 heteroatoms. The molecule has 2 aliphatic heterocycles. The van der Waals surface area contributed by atoms with Crippen molar-refractivity contribution in [2.24, 2.45) is 0 Å². The van der Waals surface area contributed by atoms with Crippen LogP contribution in [-0.4, -0.2) is 40.7 Å². The predicted molar refractivity (Wildman–Crippen MR) is 143 cm³/mol. The van der Waals surface area contributed by atoms with Gasteiger partial charge in [0.25, 0.3) is 0 Å². The number of aryl methyl sites for hydroxylation is 1. The molecule has 0 bridgehead atoms. The molecular formula is C30H35N3O3. The maximum Gasteiger partial charge on any atom is 0.335 e. The van der Waals surface area contributed by atoms with Gasteiger partial charge in [-0.15, -0.1) is 0 Å². The van der Waals surface area contributed by atoms with Crippen LogP contribution in [0, 0.1) is 0 Å². The molecule has 2 N–H and O–H groups in total. The molecule has 1 saturated carbocycles. The Morgan fingerprint density at radius 3 is 2.64 bits per heavy atom. The summed E-state index contributed by atoms with van der Waals surface area (Å²) in [6.45, 7) is 6.32. The Labute approximate surface area is 212 Å². The second-order valence-corrected chi connectivity index (χ2v) is 11.0. The lowest BCUT2D eigenvalue weighted by Crippen LogP contribution is -2.36. The van der Waals surface area contributed by atoms with E-state index in [1.165, 1.54) is 35.9 Å². The average Bonchev–Trinajstić information content (AvgIpc) is 3.32. The maximum atomic E-state index is 13.7. The first-order chi connectivity index (χ1) is 17.5. The molecule has 1 atom stereocenters. The summed E-state index contributed by atoms with van der Waals surface area (Å²) in [6.07, 6.45) is 6.88. The highest BCUT2D eigenvalue weighted by Crippen LogP contribution is 2.50. The van der Waals surface area contributed by atoms with Gasteiger partial charge in [0.15, 0.2) is 0 Å². The number of aromatic nitrogens is 1. The third kappa shape index (κ3) is 3.65. The second-order valence-electron chi connectivity index (χ2n) is 11.0. The molecule has 1 amide bonds. The van der Waals surface area contributed by atoms with Gasteiger partial charge in [-0.2, -0.15) is 0 Å². The van der Waals surface area contributed by atoms with Gasteiger partial charge >= 0.3 is 5.97 Å². The Balaban J connectivity index is 1.61. The van der Waals surface area contributed by atoms with Crippen molar-refractivity contribution in [2.45, 2.75) is 76.8 Å². The van der Waals surface area contributed by atoms with Crippen LogP contribution in [-0.2, 0) is 11.3 Å². The van der Waals surface area contributed by atoms with Crippen LogP contribution >= 0.6 is 0 Å². The number of hydrogen-bond acceptors (Lipinski definition) is 3. The fourth-order valence-electron chi connectivity index (χ4n) is 6.76. The quantitative estimate of drug-likeness (QED) is 0.473. The lowest BCUT2D eigenvalue weighted by Gasteiger charge is -2.28. The van der Waals surface area contributed by atoms with E-state index >= 15 is 0 Å². The third-order valence-electron chi connectivity index (χ3n) is 8.39. The normalized spacial score (nSPS) is 19.9. The van der Waals surface area contributed by atoms with E-state index in [9.17, 15) is 14.7 Å². The number of benzene rings is 2. The third-order valence-corrected chi connectivity index (χ3v) is 8.39. The van der Waals surface area contributed by atoms with Gasteiger partial charge in [0, 0.05) is 42.1 Å². The largest absolute Gasteiger partial charge is 0.478 e. The molecule has 1 aromatic heterocycles. The van der Waals surface area contributed by atoms with Gasteiger partial charge in [-0.3, -0.25) is 4.79 Å². The van der Waals surface area contributed by atoms with Gasteiger partial charge in [0.1, 0.15) is 0 Å². The number of aromatic carboxylic acids is 1.